The molecule has 1 heterocycles. The topological polar surface area (TPSA) is 48.1 Å². The molecule has 1 rings (SSSR count). The van der Waals surface area contributed by atoms with Crippen LogP contribution in [0.15, 0.2) is 12.1 Å². The van der Waals surface area contributed by atoms with Crippen LogP contribution in [0.5, 0.6) is 5.75 Å². The van der Waals surface area contributed by atoms with Gasteiger partial charge in [-0.15, -0.1) is 0 Å². The molecule has 3 nitrogen and oxygen atoms in total. The van der Waals surface area contributed by atoms with E-state index >= 15 is 0 Å². The first-order chi connectivity index (χ1) is 7.71. The summed E-state index contributed by atoms with van der Waals surface area (Å²) in [7, 11) is 0. The van der Waals surface area contributed by atoms with Crippen molar-refractivity contribution in [2.45, 2.75) is 40.2 Å². The molecule has 3 heteroatoms. The van der Waals surface area contributed by atoms with Crippen LogP contribution in [-0.2, 0) is 6.54 Å². The van der Waals surface area contributed by atoms with Gasteiger partial charge in [0.25, 0.3) is 0 Å². The van der Waals surface area contributed by atoms with Crippen LogP contribution in [0.25, 0.3) is 0 Å². The average Bonchev–Trinajstić information content (AvgIpc) is 2.31. The normalized spacial score (nSPS) is 10.8. The molecule has 0 unspecified atom stereocenters. The second-order valence-electron chi connectivity index (χ2n) is 4.10. The quantitative estimate of drug-likeness (QED) is 0.805. The Hall–Kier alpha value is -1.09. The summed E-state index contributed by atoms with van der Waals surface area (Å²) in [5.74, 6) is 1.45. The van der Waals surface area contributed by atoms with Crippen molar-refractivity contribution in [1.82, 2.24) is 4.98 Å². The summed E-state index contributed by atoms with van der Waals surface area (Å²) in [6.07, 6.45) is 2.29. The Bertz CT molecular complexity index is 322. The Morgan fingerprint density at radius 3 is 2.56 bits per heavy atom. The fourth-order valence-corrected chi connectivity index (χ4v) is 1.61. The lowest BCUT2D eigenvalue weighted by Gasteiger charge is -2.15. The molecule has 0 spiro atoms. The summed E-state index contributed by atoms with van der Waals surface area (Å²) in [6, 6.07) is 3.92. The van der Waals surface area contributed by atoms with Crippen molar-refractivity contribution in [1.29, 1.82) is 0 Å². The summed E-state index contributed by atoms with van der Waals surface area (Å²) in [6.45, 7) is 7.53. The van der Waals surface area contributed by atoms with Gasteiger partial charge in [0.05, 0.1) is 12.3 Å². The van der Waals surface area contributed by atoms with Crippen molar-refractivity contribution in [3.63, 3.8) is 0 Å². The first-order valence-electron chi connectivity index (χ1n) is 6.00. The number of aromatic nitrogens is 1. The number of rotatable bonds is 6. The Morgan fingerprint density at radius 2 is 2.00 bits per heavy atom. The van der Waals surface area contributed by atoms with Crippen molar-refractivity contribution in [3.8, 4) is 5.75 Å². The van der Waals surface area contributed by atoms with E-state index < -0.39 is 0 Å². The molecule has 0 atom stereocenters. The highest BCUT2D eigenvalue weighted by Crippen LogP contribution is 2.18. The maximum atomic E-state index is 5.78. The number of nitrogens with zero attached hydrogens (tertiary/aromatic N) is 1. The second kappa shape index (κ2) is 6.48. The fourth-order valence-electron chi connectivity index (χ4n) is 1.61. The Morgan fingerprint density at radius 1 is 1.31 bits per heavy atom. The zero-order chi connectivity index (χ0) is 12.0. The molecule has 90 valence electrons. The van der Waals surface area contributed by atoms with E-state index in [4.69, 9.17) is 10.5 Å². The van der Waals surface area contributed by atoms with Crippen molar-refractivity contribution < 1.29 is 4.74 Å². The van der Waals surface area contributed by atoms with Gasteiger partial charge in [-0.3, -0.25) is 4.98 Å². The highest BCUT2D eigenvalue weighted by Gasteiger charge is 2.08. The van der Waals surface area contributed by atoms with Gasteiger partial charge in [0.2, 0.25) is 0 Å². The van der Waals surface area contributed by atoms with E-state index in [-0.39, 0.29) is 0 Å². The molecule has 0 aliphatic heterocycles. The summed E-state index contributed by atoms with van der Waals surface area (Å²) >= 11 is 0. The molecule has 0 saturated heterocycles. The van der Waals surface area contributed by atoms with E-state index in [9.17, 15) is 0 Å². The lowest BCUT2D eigenvalue weighted by atomic mass is 10.1. The molecule has 2 N–H and O–H groups in total. The Kier molecular flexibility index (Phi) is 5.26. The molecule has 0 aliphatic rings. The van der Waals surface area contributed by atoms with E-state index in [1.807, 2.05) is 19.1 Å². The molecule has 1 aromatic heterocycles. The van der Waals surface area contributed by atoms with Crippen molar-refractivity contribution in [3.05, 3.63) is 23.5 Å². The summed E-state index contributed by atoms with van der Waals surface area (Å²) in [4.78, 5) is 4.37. The van der Waals surface area contributed by atoms with Crippen LogP contribution in [0.2, 0.25) is 0 Å². The van der Waals surface area contributed by atoms with E-state index in [1.165, 1.54) is 0 Å². The molecule has 0 fully saturated rings. The molecule has 16 heavy (non-hydrogen) atoms. The molecular formula is C13H22N2O. The number of hydrogen-bond donors (Lipinski definition) is 1. The Balaban J connectivity index is 2.65. The Labute approximate surface area is 98.0 Å². The van der Waals surface area contributed by atoms with E-state index in [0.717, 1.165) is 36.6 Å². The second-order valence-corrected chi connectivity index (χ2v) is 4.10. The van der Waals surface area contributed by atoms with E-state index in [0.29, 0.717) is 12.5 Å². The minimum absolute atomic E-state index is 0.430. The monoisotopic (exact) mass is 222 g/mol. The third-order valence-corrected chi connectivity index (χ3v) is 2.89. The van der Waals surface area contributed by atoms with Crippen LogP contribution in [-0.4, -0.2) is 11.6 Å². The maximum Gasteiger partial charge on any atom is 0.142 e. The summed E-state index contributed by atoms with van der Waals surface area (Å²) in [5, 5.41) is 0. The minimum atomic E-state index is 0.430. The van der Waals surface area contributed by atoms with Gasteiger partial charge in [0, 0.05) is 12.2 Å². The zero-order valence-corrected chi connectivity index (χ0v) is 10.5. The van der Waals surface area contributed by atoms with Crippen LogP contribution in [0, 0.1) is 12.8 Å². The predicted octanol–water partition coefficient (Wildman–Crippen LogP) is 2.66. The van der Waals surface area contributed by atoms with E-state index in [1.54, 1.807) is 0 Å². The fraction of sp³-hybridized carbons (Fsp3) is 0.615. The highest BCUT2D eigenvalue weighted by molar-refractivity contribution is 5.29. The molecule has 0 aromatic carbocycles. The van der Waals surface area contributed by atoms with Crippen molar-refractivity contribution in [2.24, 2.45) is 11.7 Å². The zero-order valence-electron chi connectivity index (χ0n) is 10.5. The third kappa shape index (κ3) is 3.49. The molecular weight excluding hydrogens is 200 g/mol. The van der Waals surface area contributed by atoms with Crippen molar-refractivity contribution in [2.75, 3.05) is 6.61 Å². The smallest absolute Gasteiger partial charge is 0.142 e. The molecule has 0 aliphatic carbocycles. The van der Waals surface area contributed by atoms with Gasteiger partial charge in [-0.1, -0.05) is 26.7 Å². The summed E-state index contributed by atoms with van der Waals surface area (Å²) < 4.78 is 5.78. The first kappa shape index (κ1) is 13.0. The van der Waals surface area contributed by atoms with Crippen LogP contribution >= 0.6 is 0 Å². The SMILES string of the molecule is CCC(CC)COc1ccc(C)nc1CN. The molecule has 0 bridgehead atoms. The summed E-state index contributed by atoms with van der Waals surface area (Å²) in [5.41, 5.74) is 7.48. The molecule has 0 saturated carbocycles. The number of ether oxygens (including phenoxy) is 1. The van der Waals surface area contributed by atoms with Gasteiger partial charge >= 0.3 is 0 Å². The number of nitrogens with two attached hydrogens (primary N) is 1. The molecule has 0 radical (unpaired) electrons. The number of hydrogen-bond acceptors (Lipinski definition) is 3. The van der Waals surface area contributed by atoms with Gasteiger partial charge in [-0.2, -0.15) is 0 Å². The van der Waals surface area contributed by atoms with Gasteiger partial charge in [0.15, 0.2) is 0 Å². The number of aryl methyl sites for hydroxylation is 1. The van der Waals surface area contributed by atoms with Gasteiger partial charge in [-0.25, -0.2) is 0 Å². The first-order valence-corrected chi connectivity index (χ1v) is 6.00. The predicted molar refractivity (Wildman–Crippen MR) is 66.4 cm³/mol. The largest absolute Gasteiger partial charge is 0.491 e. The lowest BCUT2D eigenvalue weighted by Crippen LogP contribution is -2.12. The molecule has 1 aromatic rings. The van der Waals surface area contributed by atoms with Gasteiger partial charge in [0.1, 0.15) is 5.75 Å². The van der Waals surface area contributed by atoms with Crippen molar-refractivity contribution >= 4 is 0 Å². The average molecular weight is 222 g/mol. The molecule has 0 amide bonds. The number of pyridine rings is 1. The lowest BCUT2D eigenvalue weighted by molar-refractivity contribution is 0.237. The van der Waals surface area contributed by atoms with Gasteiger partial charge < -0.3 is 10.5 Å². The standard InChI is InChI=1S/C13H22N2O/c1-4-11(5-2)9-16-13-7-6-10(3)15-12(13)8-14/h6-7,11H,4-5,8-9,14H2,1-3H3. The van der Waals surface area contributed by atoms with Gasteiger partial charge in [-0.05, 0) is 25.0 Å². The van der Waals surface area contributed by atoms with E-state index in [2.05, 4.69) is 18.8 Å². The van der Waals surface area contributed by atoms with Crippen LogP contribution in [0.1, 0.15) is 38.1 Å². The van der Waals surface area contributed by atoms with Crippen LogP contribution in [0.3, 0.4) is 0 Å². The highest BCUT2D eigenvalue weighted by atomic mass is 16.5. The third-order valence-electron chi connectivity index (χ3n) is 2.89. The van der Waals surface area contributed by atoms with Crippen LogP contribution < -0.4 is 10.5 Å². The van der Waals surface area contributed by atoms with Crippen LogP contribution in [0.4, 0.5) is 0 Å². The maximum absolute atomic E-state index is 5.78. The minimum Gasteiger partial charge on any atom is -0.491 e.